The highest BCUT2D eigenvalue weighted by Gasteiger charge is 2.07. The summed E-state index contributed by atoms with van der Waals surface area (Å²) in [4.78, 5) is 21.0. The zero-order chi connectivity index (χ0) is 20.9. The minimum Gasteiger partial charge on any atom is -0.370 e. The lowest BCUT2D eigenvalue weighted by molar-refractivity contribution is -0.119. The molecule has 5 heteroatoms. The molecule has 0 saturated heterocycles. The first-order valence-electron chi connectivity index (χ1n) is 11.2. The number of amides is 2. The highest BCUT2D eigenvalue weighted by atomic mass is 16.1. The first-order chi connectivity index (χ1) is 12.8. The average Bonchev–Trinajstić information content (AvgIpc) is 2.62. The predicted molar refractivity (Wildman–Crippen MR) is 116 cm³/mol. The lowest BCUT2D eigenvalue weighted by Gasteiger charge is -2.16. The summed E-state index contributed by atoms with van der Waals surface area (Å²) in [6.45, 7) is 6.59. The van der Waals surface area contributed by atoms with Gasteiger partial charge in [-0.2, -0.15) is 0 Å². The van der Waals surface area contributed by atoms with E-state index in [9.17, 15) is 9.59 Å². The minimum absolute atomic E-state index is 0.189. The van der Waals surface area contributed by atoms with Crippen molar-refractivity contribution in [3.05, 3.63) is 0 Å². The number of nitrogens with two attached hydrogens (primary N) is 3. The molecule has 2 amide bonds. The molecule has 162 valence electrons. The molecule has 0 aliphatic rings. The minimum atomic E-state index is -0.189. The molecule has 2 unspecified atom stereocenters. The summed E-state index contributed by atoms with van der Waals surface area (Å²) in [5.74, 6) is 0.330. The van der Waals surface area contributed by atoms with Crippen LogP contribution in [0, 0.1) is 5.92 Å². The van der Waals surface area contributed by atoms with Crippen molar-refractivity contribution in [2.45, 2.75) is 123 Å². The topological polar surface area (TPSA) is 112 Å². The van der Waals surface area contributed by atoms with Gasteiger partial charge in [-0.05, 0) is 31.6 Å². The standard InChI is InChI=1S/C14H28N2O2.C8H19N/c15-13(17)11-9-7-5-3-1-2-4-6-8-10-12-14(16)18;1-4-6-7(3)8(9)5-2/h1-12H2,(H2,15,17)(H2,16,18);7-8H,4-6,9H2,1-3H3. The Morgan fingerprint density at radius 1 is 0.704 bits per heavy atom. The van der Waals surface area contributed by atoms with E-state index in [0.29, 0.717) is 24.8 Å². The van der Waals surface area contributed by atoms with Gasteiger partial charge < -0.3 is 17.2 Å². The van der Waals surface area contributed by atoms with Gasteiger partial charge in [-0.3, -0.25) is 9.59 Å². The Balaban J connectivity index is 0. The van der Waals surface area contributed by atoms with Gasteiger partial charge in [-0.15, -0.1) is 0 Å². The summed E-state index contributed by atoms with van der Waals surface area (Å²) in [5.41, 5.74) is 15.9. The second-order valence-electron chi connectivity index (χ2n) is 7.81. The monoisotopic (exact) mass is 385 g/mol. The third-order valence-electron chi connectivity index (χ3n) is 5.04. The van der Waals surface area contributed by atoms with Gasteiger partial charge in [0.1, 0.15) is 0 Å². The van der Waals surface area contributed by atoms with E-state index in [4.69, 9.17) is 17.2 Å². The van der Waals surface area contributed by atoms with Gasteiger partial charge in [0.15, 0.2) is 0 Å². The van der Waals surface area contributed by atoms with Gasteiger partial charge in [-0.1, -0.05) is 78.6 Å². The van der Waals surface area contributed by atoms with E-state index in [0.717, 1.165) is 32.1 Å². The van der Waals surface area contributed by atoms with Crippen molar-refractivity contribution in [1.82, 2.24) is 0 Å². The van der Waals surface area contributed by atoms with Crippen LogP contribution in [0.3, 0.4) is 0 Å². The molecule has 0 fully saturated rings. The molecule has 0 saturated carbocycles. The number of carbonyl (C=O) groups excluding carboxylic acids is 2. The lowest BCUT2D eigenvalue weighted by Crippen LogP contribution is -2.26. The first-order valence-corrected chi connectivity index (χ1v) is 11.2. The maximum Gasteiger partial charge on any atom is 0.217 e. The Kier molecular flexibility index (Phi) is 22.1. The van der Waals surface area contributed by atoms with Gasteiger partial charge >= 0.3 is 0 Å². The predicted octanol–water partition coefficient (Wildman–Crippen LogP) is 4.80. The van der Waals surface area contributed by atoms with Gasteiger partial charge in [0.2, 0.25) is 11.8 Å². The molecule has 5 nitrogen and oxygen atoms in total. The van der Waals surface area contributed by atoms with E-state index in [2.05, 4.69) is 20.8 Å². The summed E-state index contributed by atoms with van der Waals surface area (Å²) in [6.07, 6.45) is 16.2. The fraction of sp³-hybridized carbons (Fsp3) is 0.909. The molecule has 0 aromatic carbocycles. The lowest BCUT2D eigenvalue weighted by atomic mass is 9.96. The molecule has 0 spiro atoms. The van der Waals surface area contributed by atoms with Crippen LogP contribution in [0.4, 0.5) is 0 Å². The van der Waals surface area contributed by atoms with Crippen LogP contribution in [-0.4, -0.2) is 17.9 Å². The van der Waals surface area contributed by atoms with Crippen molar-refractivity contribution in [3.63, 3.8) is 0 Å². The van der Waals surface area contributed by atoms with Crippen LogP contribution < -0.4 is 17.2 Å². The van der Waals surface area contributed by atoms with E-state index in [1.807, 2.05) is 0 Å². The van der Waals surface area contributed by atoms with E-state index in [-0.39, 0.29) is 11.8 Å². The van der Waals surface area contributed by atoms with Gasteiger partial charge in [0.25, 0.3) is 0 Å². The Labute approximate surface area is 168 Å². The van der Waals surface area contributed by atoms with E-state index in [1.165, 1.54) is 51.4 Å². The van der Waals surface area contributed by atoms with Crippen molar-refractivity contribution >= 4 is 11.8 Å². The maximum absolute atomic E-state index is 10.5. The normalized spacial score (nSPS) is 12.7. The SMILES string of the molecule is CCCC(C)C(N)CC.NC(=O)CCCCCCCCCCCCC(N)=O. The highest BCUT2D eigenvalue weighted by molar-refractivity contribution is 5.73. The zero-order valence-electron chi connectivity index (χ0n) is 18.3. The summed E-state index contributed by atoms with van der Waals surface area (Å²) in [6, 6.07) is 0.421. The summed E-state index contributed by atoms with van der Waals surface area (Å²) in [7, 11) is 0. The fourth-order valence-electron chi connectivity index (χ4n) is 3.08. The molecule has 0 aromatic rings. The molecule has 0 heterocycles. The quantitative estimate of drug-likeness (QED) is 0.313. The Morgan fingerprint density at radius 2 is 1.04 bits per heavy atom. The van der Waals surface area contributed by atoms with Crippen molar-refractivity contribution in [1.29, 1.82) is 0 Å². The Bertz CT molecular complexity index is 324. The van der Waals surface area contributed by atoms with Crippen LogP contribution in [0.5, 0.6) is 0 Å². The van der Waals surface area contributed by atoms with Crippen molar-refractivity contribution in [2.24, 2.45) is 23.1 Å². The van der Waals surface area contributed by atoms with Crippen LogP contribution in [0.25, 0.3) is 0 Å². The van der Waals surface area contributed by atoms with Crippen LogP contribution in [0.2, 0.25) is 0 Å². The summed E-state index contributed by atoms with van der Waals surface area (Å²) in [5, 5.41) is 0. The molecule has 0 aliphatic heterocycles. The van der Waals surface area contributed by atoms with Crippen LogP contribution in [0.1, 0.15) is 117 Å². The van der Waals surface area contributed by atoms with Gasteiger partial charge in [0.05, 0.1) is 0 Å². The molecule has 0 rings (SSSR count). The van der Waals surface area contributed by atoms with Gasteiger partial charge in [-0.25, -0.2) is 0 Å². The molecule has 0 bridgehead atoms. The third kappa shape index (κ3) is 24.9. The van der Waals surface area contributed by atoms with Crippen LogP contribution in [-0.2, 0) is 9.59 Å². The molecule has 6 N–H and O–H groups in total. The average molecular weight is 386 g/mol. The molecule has 0 aromatic heterocycles. The molecule has 0 aliphatic carbocycles. The highest BCUT2D eigenvalue weighted by Crippen LogP contribution is 2.12. The number of rotatable bonds is 17. The smallest absolute Gasteiger partial charge is 0.217 e. The Hall–Kier alpha value is -1.10. The van der Waals surface area contributed by atoms with E-state index < -0.39 is 0 Å². The number of primary amides is 2. The van der Waals surface area contributed by atoms with Crippen molar-refractivity contribution in [3.8, 4) is 0 Å². The fourth-order valence-corrected chi connectivity index (χ4v) is 3.08. The molecular formula is C22H47N3O2. The van der Waals surface area contributed by atoms with Gasteiger partial charge in [0, 0.05) is 18.9 Å². The second kappa shape index (κ2) is 21.2. The van der Waals surface area contributed by atoms with Crippen LogP contribution in [0.15, 0.2) is 0 Å². The Morgan fingerprint density at radius 3 is 1.30 bits per heavy atom. The van der Waals surface area contributed by atoms with Crippen LogP contribution >= 0.6 is 0 Å². The number of carbonyl (C=O) groups is 2. The van der Waals surface area contributed by atoms with E-state index in [1.54, 1.807) is 0 Å². The molecule has 27 heavy (non-hydrogen) atoms. The largest absolute Gasteiger partial charge is 0.370 e. The zero-order valence-corrected chi connectivity index (χ0v) is 18.3. The third-order valence-corrected chi connectivity index (χ3v) is 5.04. The molecule has 2 atom stereocenters. The second-order valence-corrected chi connectivity index (χ2v) is 7.81. The number of unbranched alkanes of at least 4 members (excludes halogenated alkanes) is 9. The number of hydrogen-bond donors (Lipinski definition) is 3. The first kappa shape index (κ1) is 28.1. The molecule has 0 radical (unpaired) electrons. The number of hydrogen-bond acceptors (Lipinski definition) is 3. The van der Waals surface area contributed by atoms with Crippen molar-refractivity contribution in [2.75, 3.05) is 0 Å². The van der Waals surface area contributed by atoms with Crippen molar-refractivity contribution < 1.29 is 9.59 Å². The summed E-state index contributed by atoms with van der Waals surface area (Å²) >= 11 is 0. The van der Waals surface area contributed by atoms with E-state index >= 15 is 0 Å². The molecular weight excluding hydrogens is 338 g/mol. The maximum atomic E-state index is 10.5. The summed E-state index contributed by atoms with van der Waals surface area (Å²) < 4.78 is 0.